The van der Waals surface area contributed by atoms with E-state index in [1.807, 2.05) is 6.92 Å². The van der Waals surface area contributed by atoms with Gasteiger partial charge in [0.15, 0.2) is 0 Å². The van der Waals surface area contributed by atoms with Crippen LogP contribution in [0.25, 0.3) is 0 Å². The second kappa shape index (κ2) is 7.85. The molecule has 4 heteroatoms. The maximum atomic E-state index is 11.9. The zero-order valence-corrected chi connectivity index (χ0v) is 12.9. The van der Waals surface area contributed by atoms with Gasteiger partial charge in [0.1, 0.15) is 0 Å². The highest BCUT2D eigenvalue weighted by molar-refractivity contribution is 5.81. The molecule has 0 bridgehead atoms. The number of nitrogens with one attached hydrogen (secondary N) is 2. The maximum Gasteiger partial charge on any atom is 0.236 e. The van der Waals surface area contributed by atoms with Crippen LogP contribution in [0, 0.1) is 0 Å². The van der Waals surface area contributed by atoms with E-state index in [-0.39, 0.29) is 17.6 Å². The van der Waals surface area contributed by atoms with Crippen molar-refractivity contribution in [3.63, 3.8) is 0 Å². The Balaban J connectivity index is 2.45. The molecule has 1 fully saturated rings. The molecular weight excluding hydrogens is 240 g/mol. The summed E-state index contributed by atoms with van der Waals surface area (Å²) in [7, 11) is 0. The standard InChI is InChI=1S/C15H30N2O2/c1-5-9-16-14(18)12(4)17-13-8-10-19-15(6-2,7-3)11-13/h12-13,17H,5-11H2,1-4H3,(H,16,18). The third-order valence-corrected chi connectivity index (χ3v) is 4.21. The zero-order valence-electron chi connectivity index (χ0n) is 12.9. The molecule has 0 radical (unpaired) electrons. The van der Waals surface area contributed by atoms with E-state index in [9.17, 15) is 4.79 Å². The van der Waals surface area contributed by atoms with Gasteiger partial charge in [0.25, 0.3) is 0 Å². The Morgan fingerprint density at radius 3 is 2.63 bits per heavy atom. The van der Waals surface area contributed by atoms with Crippen molar-refractivity contribution in [2.24, 2.45) is 0 Å². The van der Waals surface area contributed by atoms with E-state index in [4.69, 9.17) is 4.74 Å². The van der Waals surface area contributed by atoms with E-state index >= 15 is 0 Å². The van der Waals surface area contributed by atoms with Crippen LogP contribution in [-0.4, -0.2) is 36.7 Å². The smallest absolute Gasteiger partial charge is 0.236 e. The molecule has 0 aromatic carbocycles. The third-order valence-electron chi connectivity index (χ3n) is 4.21. The van der Waals surface area contributed by atoms with Crippen LogP contribution in [0.4, 0.5) is 0 Å². The Kier molecular flexibility index (Phi) is 6.80. The average Bonchev–Trinajstić information content (AvgIpc) is 2.44. The van der Waals surface area contributed by atoms with Crippen molar-refractivity contribution in [1.29, 1.82) is 0 Å². The van der Waals surface area contributed by atoms with Crippen LogP contribution in [-0.2, 0) is 9.53 Å². The molecular formula is C15H30N2O2. The molecule has 0 saturated carbocycles. The van der Waals surface area contributed by atoms with Crippen LogP contribution >= 0.6 is 0 Å². The highest BCUT2D eigenvalue weighted by Gasteiger charge is 2.35. The lowest BCUT2D eigenvalue weighted by Crippen LogP contribution is -2.52. The van der Waals surface area contributed by atoms with E-state index in [1.54, 1.807) is 0 Å². The molecule has 2 N–H and O–H groups in total. The minimum Gasteiger partial charge on any atom is -0.375 e. The van der Waals surface area contributed by atoms with Crippen molar-refractivity contribution in [2.75, 3.05) is 13.2 Å². The molecule has 1 aliphatic rings. The molecule has 112 valence electrons. The Morgan fingerprint density at radius 2 is 2.05 bits per heavy atom. The molecule has 19 heavy (non-hydrogen) atoms. The molecule has 2 atom stereocenters. The van der Waals surface area contributed by atoms with Gasteiger partial charge >= 0.3 is 0 Å². The quantitative estimate of drug-likeness (QED) is 0.746. The highest BCUT2D eigenvalue weighted by atomic mass is 16.5. The van der Waals surface area contributed by atoms with Gasteiger partial charge < -0.3 is 15.4 Å². The molecule has 1 rings (SSSR count). The summed E-state index contributed by atoms with van der Waals surface area (Å²) < 4.78 is 5.96. The molecule has 0 aliphatic carbocycles. The number of amides is 1. The van der Waals surface area contributed by atoms with Gasteiger partial charge in [0.05, 0.1) is 11.6 Å². The maximum absolute atomic E-state index is 11.9. The Bertz CT molecular complexity index is 277. The monoisotopic (exact) mass is 270 g/mol. The first-order valence-electron chi connectivity index (χ1n) is 7.74. The topological polar surface area (TPSA) is 50.4 Å². The van der Waals surface area contributed by atoms with Gasteiger partial charge in [-0.2, -0.15) is 0 Å². The van der Waals surface area contributed by atoms with Crippen molar-refractivity contribution in [2.45, 2.75) is 77.5 Å². The van der Waals surface area contributed by atoms with E-state index in [2.05, 4.69) is 31.4 Å². The summed E-state index contributed by atoms with van der Waals surface area (Å²) in [5.74, 6) is 0.104. The molecule has 1 saturated heterocycles. The van der Waals surface area contributed by atoms with Crippen LogP contribution in [0.3, 0.4) is 0 Å². The number of ether oxygens (including phenoxy) is 1. The van der Waals surface area contributed by atoms with Crippen LogP contribution in [0.1, 0.15) is 59.8 Å². The lowest BCUT2D eigenvalue weighted by molar-refractivity contribution is -0.124. The zero-order chi connectivity index (χ0) is 14.3. The first kappa shape index (κ1) is 16.4. The van der Waals surface area contributed by atoms with Gasteiger partial charge in [-0.1, -0.05) is 20.8 Å². The van der Waals surface area contributed by atoms with E-state index in [0.29, 0.717) is 6.04 Å². The van der Waals surface area contributed by atoms with Gasteiger partial charge in [0, 0.05) is 19.2 Å². The van der Waals surface area contributed by atoms with Gasteiger partial charge in [0.2, 0.25) is 5.91 Å². The first-order chi connectivity index (χ1) is 9.06. The molecule has 1 aliphatic heterocycles. The second-order valence-corrected chi connectivity index (χ2v) is 5.61. The Morgan fingerprint density at radius 1 is 1.37 bits per heavy atom. The number of rotatable bonds is 7. The van der Waals surface area contributed by atoms with E-state index in [0.717, 1.165) is 45.3 Å². The lowest BCUT2D eigenvalue weighted by atomic mass is 9.85. The van der Waals surface area contributed by atoms with Crippen molar-refractivity contribution in [3.8, 4) is 0 Å². The predicted octanol–water partition coefficient (Wildman–Crippen LogP) is 2.23. The molecule has 0 aromatic rings. The number of hydrogen-bond acceptors (Lipinski definition) is 3. The minimum absolute atomic E-state index is 0.00946. The summed E-state index contributed by atoms with van der Waals surface area (Å²) in [6, 6.07) is 0.261. The Labute approximate surface area is 117 Å². The van der Waals surface area contributed by atoms with E-state index in [1.165, 1.54) is 0 Å². The molecule has 4 nitrogen and oxygen atoms in total. The fourth-order valence-electron chi connectivity index (χ4n) is 2.74. The van der Waals surface area contributed by atoms with Crippen LogP contribution in [0.5, 0.6) is 0 Å². The van der Waals surface area contributed by atoms with Crippen molar-refractivity contribution < 1.29 is 9.53 Å². The van der Waals surface area contributed by atoms with Crippen LogP contribution < -0.4 is 10.6 Å². The largest absolute Gasteiger partial charge is 0.375 e. The van der Waals surface area contributed by atoms with E-state index < -0.39 is 0 Å². The van der Waals surface area contributed by atoms with Gasteiger partial charge in [-0.05, 0) is 39.0 Å². The lowest BCUT2D eigenvalue weighted by Gasteiger charge is -2.41. The van der Waals surface area contributed by atoms with Crippen molar-refractivity contribution >= 4 is 5.91 Å². The molecule has 1 heterocycles. The normalized spacial score (nSPS) is 23.9. The number of carbonyl (C=O) groups is 1. The number of carbonyl (C=O) groups excluding carboxylic acids is 1. The summed E-state index contributed by atoms with van der Waals surface area (Å²) in [6.45, 7) is 9.93. The predicted molar refractivity (Wildman–Crippen MR) is 78.2 cm³/mol. The highest BCUT2D eigenvalue weighted by Crippen LogP contribution is 2.31. The minimum atomic E-state index is -0.124. The number of hydrogen-bond donors (Lipinski definition) is 2. The summed E-state index contributed by atoms with van der Waals surface area (Å²) in [5, 5.41) is 6.40. The van der Waals surface area contributed by atoms with Crippen molar-refractivity contribution in [1.82, 2.24) is 10.6 Å². The SMILES string of the molecule is CCCNC(=O)C(C)NC1CCOC(CC)(CC)C1. The van der Waals surface area contributed by atoms with Crippen LogP contribution in [0.2, 0.25) is 0 Å². The van der Waals surface area contributed by atoms with Gasteiger partial charge in [-0.15, -0.1) is 0 Å². The Hall–Kier alpha value is -0.610. The van der Waals surface area contributed by atoms with Crippen molar-refractivity contribution in [3.05, 3.63) is 0 Å². The van der Waals surface area contributed by atoms with Gasteiger partial charge in [-0.25, -0.2) is 0 Å². The summed E-state index contributed by atoms with van der Waals surface area (Å²) >= 11 is 0. The fourth-order valence-corrected chi connectivity index (χ4v) is 2.74. The van der Waals surface area contributed by atoms with Crippen LogP contribution in [0.15, 0.2) is 0 Å². The molecule has 1 amide bonds. The molecule has 0 aromatic heterocycles. The average molecular weight is 270 g/mol. The first-order valence-corrected chi connectivity index (χ1v) is 7.74. The van der Waals surface area contributed by atoms with Gasteiger partial charge in [-0.3, -0.25) is 4.79 Å². The second-order valence-electron chi connectivity index (χ2n) is 5.61. The summed E-state index contributed by atoms with van der Waals surface area (Å²) in [6.07, 6.45) is 5.05. The fraction of sp³-hybridized carbons (Fsp3) is 0.933. The molecule has 2 unspecified atom stereocenters. The summed E-state index contributed by atoms with van der Waals surface area (Å²) in [5.41, 5.74) is 0.00946. The molecule has 0 spiro atoms. The third kappa shape index (κ3) is 4.77. The summed E-state index contributed by atoms with van der Waals surface area (Å²) in [4.78, 5) is 11.9.